The maximum Gasteiger partial charge on any atom is 0.123 e. The van der Waals surface area contributed by atoms with E-state index in [2.05, 4.69) is 161 Å². The number of para-hydroxylation sites is 3. The van der Waals surface area contributed by atoms with Gasteiger partial charge in [-0.2, -0.15) is 0 Å². The van der Waals surface area contributed by atoms with Gasteiger partial charge in [0.25, 0.3) is 0 Å². The lowest BCUT2D eigenvalue weighted by Gasteiger charge is -2.62. The van der Waals surface area contributed by atoms with Crippen molar-refractivity contribution in [3.05, 3.63) is 181 Å². The Hall–Kier alpha value is -5.93. The molecule has 3 heteroatoms. The van der Waals surface area contributed by atoms with Crippen LogP contribution in [0.15, 0.2) is 164 Å². The van der Waals surface area contributed by atoms with Crippen molar-refractivity contribution in [1.29, 1.82) is 0 Å². The van der Waals surface area contributed by atoms with E-state index in [0.29, 0.717) is 11.8 Å². The summed E-state index contributed by atoms with van der Waals surface area (Å²) in [5.41, 5.74) is 12.2. The fourth-order valence-electron chi connectivity index (χ4n) is 12.1. The van der Waals surface area contributed by atoms with Crippen LogP contribution in [0.3, 0.4) is 0 Å². The lowest BCUT2D eigenvalue weighted by atomic mass is 9.42. The van der Waals surface area contributed by atoms with E-state index >= 15 is 0 Å². The third kappa shape index (κ3) is 4.53. The molecule has 9 aromatic rings. The molecular formula is C52H41FN2. The van der Waals surface area contributed by atoms with Gasteiger partial charge in [-0.3, -0.25) is 0 Å². The summed E-state index contributed by atoms with van der Waals surface area (Å²) >= 11 is 0. The molecule has 2 nitrogen and oxygen atoms in total. The average molecular weight is 713 g/mol. The monoisotopic (exact) mass is 712 g/mol. The zero-order chi connectivity index (χ0) is 36.3. The first-order chi connectivity index (χ1) is 27.1. The van der Waals surface area contributed by atoms with Crippen molar-refractivity contribution in [1.82, 2.24) is 9.13 Å². The fraction of sp³-hybridized carbons (Fsp3) is 0.192. The van der Waals surface area contributed by atoms with Crippen molar-refractivity contribution in [3.63, 3.8) is 0 Å². The Morgan fingerprint density at radius 1 is 0.400 bits per heavy atom. The molecule has 0 unspecified atom stereocenters. The van der Waals surface area contributed by atoms with Crippen molar-refractivity contribution in [2.45, 2.75) is 37.5 Å². The number of hydrogen-bond acceptors (Lipinski definition) is 0. The Morgan fingerprint density at radius 3 is 1.44 bits per heavy atom. The van der Waals surface area contributed by atoms with Crippen LogP contribution in [-0.2, 0) is 5.41 Å². The van der Waals surface area contributed by atoms with Gasteiger partial charge < -0.3 is 9.13 Å². The molecule has 0 amide bonds. The molecule has 2 heterocycles. The smallest absolute Gasteiger partial charge is 0.123 e. The lowest BCUT2D eigenvalue weighted by molar-refractivity contribution is -0.0418. The Kier molecular flexibility index (Phi) is 6.73. The number of hydrogen-bond donors (Lipinski definition) is 0. The van der Waals surface area contributed by atoms with E-state index in [9.17, 15) is 4.39 Å². The minimum atomic E-state index is -0.153. The molecule has 0 radical (unpaired) electrons. The van der Waals surface area contributed by atoms with Gasteiger partial charge in [0.2, 0.25) is 0 Å². The highest BCUT2D eigenvalue weighted by molar-refractivity contribution is 6.13. The van der Waals surface area contributed by atoms with Gasteiger partial charge in [-0.05, 0) is 157 Å². The fourth-order valence-corrected chi connectivity index (χ4v) is 12.1. The predicted octanol–water partition coefficient (Wildman–Crippen LogP) is 13.4. The summed E-state index contributed by atoms with van der Waals surface area (Å²) in [5.74, 6) is 2.67. The summed E-state index contributed by atoms with van der Waals surface area (Å²) in [6.07, 6.45) is 6.52. The molecule has 4 aliphatic carbocycles. The molecule has 55 heavy (non-hydrogen) atoms. The van der Waals surface area contributed by atoms with Gasteiger partial charge in [-0.25, -0.2) is 4.39 Å². The van der Waals surface area contributed by atoms with Gasteiger partial charge in [0.15, 0.2) is 0 Å². The molecule has 4 bridgehead atoms. The Bertz CT molecular complexity index is 2910. The van der Waals surface area contributed by atoms with Crippen LogP contribution < -0.4 is 0 Å². The molecule has 0 N–H and O–H groups in total. The second-order valence-electron chi connectivity index (χ2n) is 16.7. The molecule has 0 saturated heterocycles. The van der Waals surface area contributed by atoms with Gasteiger partial charge in [-0.15, -0.1) is 0 Å². The molecule has 266 valence electrons. The minimum Gasteiger partial charge on any atom is -0.309 e. The number of benzene rings is 7. The average Bonchev–Trinajstić information content (AvgIpc) is 3.74. The largest absolute Gasteiger partial charge is 0.309 e. The highest BCUT2D eigenvalue weighted by atomic mass is 19.1. The van der Waals surface area contributed by atoms with E-state index in [1.165, 1.54) is 109 Å². The quantitative estimate of drug-likeness (QED) is 0.168. The first kappa shape index (κ1) is 31.4. The van der Waals surface area contributed by atoms with Crippen LogP contribution in [0.4, 0.5) is 4.39 Å². The molecule has 0 atom stereocenters. The zero-order valence-corrected chi connectivity index (χ0v) is 30.7. The minimum absolute atomic E-state index is 0.105. The molecule has 2 aromatic heterocycles. The Balaban J connectivity index is 1.08. The highest BCUT2D eigenvalue weighted by Gasteiger charge is 2.58. The number of halogens is 1. The summed E-state index contributed by atoms with van der Waals surface area (Å²) in [7, 11) is 0. The van der Waals surface area contributed by atoms with E-state index in [0.717, 1.165) is 11.8 Å². The van der Waals surface area contributed by atoms with Crippen molar-refractivity contribution in [2.24, 2.45) is 23.7 Å². The first-order valence-corrected chi connectivity index (χ1v) is 20.1. The van der Waals surface area contributed by atoms with E-state index in [1.54, 1.807) is 12.1 Å². The van der Waals surface area contributed by atoms with Crippen LogP contribution in [0.5, 0.6) is 0 Å². The zero-order valence-electron chi connectivity index (χ0n) is 30.7. The summed E-state index contributed by atoms with van der Waals surface area (Å²) in [6, 6.07) is 59.3. The normalized spacial score (nSPS) is 23.1. The van der Waals surface area contributed by atoms with Crippen molar-refractivity contribution in [2.75, 3.05) is 0 Å². The lowest BCUT2D eigenvalue weighted by Crippen LogP contribution is -2.56. The second kappa shape index (κ2) is 11.8. The maximum atomic E-state index is 14.5. The summed E-state index contributed by atoms with van der Waals surface area (Å²) in [5, 5.41) is 5.07. The standard InChI is InChI=1S/C52H41FN2/c53-41-20-17-37(18-21-41)52(39-26-33-25-34(28-39)29-40(52)27-33)38-19-24-51-47(32-38)46-31-36(16-23-50(46)55(51)43-11-5-2-6-12-43)35-15-22-49-45(30-35)44-13-7-8-14-48(44)54(49)42-9-3-1-4-10-42/h1-24,30-34,39-40H,25-29H2. The van der Waals surface area contributed by atoms with Crippen molar-refractivity contribution < 1.29 is 4.39 Å². The van der Waals surface area contributed by atoms with Crippen LogP contribution in [0.1, 0.15) is 43.2 Å². The van der Waals surface area contributed by atoms with Gasteiger partial charge in [0, 0.05) is 38.3 Å². The topological polar surface area (TPSA) is 9.86 Å². The highest BCUT2D eigenvalue weighted by Crippen LogP contribution is 2.65. The first-order valence-electron chi connectivity index (χ1n) is 20.1. The SMILES string of the molecule is Fc1ccc(C2(c3ccc4c(c3)c3cc(-c5ccc6c(c5)c5ccccc5n6-c5ccccc5)ccc3n4-c3ccccc3)C3CC4CC(C3)CC2C4)cc1. The molecule has 7 aromatic carbocycles. The van der Waals surface area contributed by atoms with Crippen molar-refractivity contribution in [3.8, 4) is 22.5 Å². The van der Waals surface area contributed by atoms with E-state index in [4.69, 9.17) is 0 Å². The Morgan fingerprint density at radius 2 is 0.855 bits per heavy atom. The number of rotatable bonds is 5. The van der Waals surface area contributed by atoms with Crippen LogP contribution in [0.2, 0.25) is 0 Å². The third-order valence-corrected chi connectivity index (χ3v) is 14.0. The summed E-state index contributed by atoms with van der Waals surface area (Å²) in [6.45, 7) is 0. The van der Waals surface area contributed by atoms with Crippen LogP contribution in [0, 0.1) is 29.5 Å². The summed E-state index contributed by atoms with van der Waals surface area (Å²) < 4.78 is 19.3. The molecule has 4 fully saturated rings. The van der Waals surface area contributed by atoms with E-state index in [1.807, 2.05) is 0 Å². The van der Waals surface area contributed by atoms with E-state index < -0.39 is 0 Å². The van der Waals surface area contributed by atoms with Crippen LogP contribution in [0.25, 0.3) is 66.1 Å². The molecule has 0 spiro atoms. The van der Waals surface area contributed by atoms with Gasteiger partial charge in [0.05, 0.1) is 22.1 Å². The molecule has 4 aliphatic rings. The van der Waals surface area contributed by atoms with Crippen molar-refractivity contribution >= 4 is 43.6 Å². The van der Waals surface area contributed by atoms with Gasteiger partial charge in [0.1, 0.15) is 5.82 Å². The number of aromatic nitrogens is 2. The molecular weight excluding hydrogens is 672 g/mol. The molecule has 13 rings (SSSR count). The number of fused-ring (bicyclic) bond motifs is 6. The maximum absolute atomic E-state index is 14.5. The van der Waals surface area contributed by atoms with Gasteiger partial charge >= 0.3 is 0 Å². The van der Waals surface area contributed by atoms with Gasteiger partial charge in [-0.1, -0.05) is 84.9 Å². The number of nitrogens with zero attached hydrogens (tertiary/aromatic N) is 2. The Labute approximate surface area is 320 Å². The summed E-state index contributed by atoms with van der Waals surface area (Å²) in [4.78, 5) is 0. The third-order valence-electron chi connectivity index (χ3n) is 14.0. The van der Waals surface area contributed by atoms with Crippen LogP contribution >= 0.6 is 0 Å². The molecule has 4 saturated carbocycles. The molecule has 0 aliphatic heterocycles. The second-order valence-corrected chi connectivity index (χ2v) is 16.7. The van der Waals surface area contributed by atoms with Crippen LogP contribution in [-0.4, -0.2) is 9.13 Å². The predicted molar refractivity (Wildman–Crippen MR) is 225 cm³/mol. The van der Waals surface area contributed by atoms with E-state index in [-0.39, 0.29) is 11.2 Å².